The van der Waals surface area contributed by atoms with Crippen LogP contribution in [-0.4, -0.2) is 36.3 Å². The summed E-state index contributed by atoms with van der Waals surface area (Å²) in [5, 5.41) is 0. The van der Waals surface area contributed by atoms with Crippen molar-refractivity contribution in [2.24, 2.45) is 5.73 Å². The SMILES string of the molecule is N[C@H](CCN1CCC1)CSc1ccccc1. The summed E-state index contributed by atoms with van der Waals surface area (Å²) in [6.07, 6.45) is 2.49. The molecular formula is C13H20N2S. The van der Waals surface area contributed by atoms with E-state index in [1.54, 1.807) is 0 Å². The van der Waals surface area contributed by atoms with Gasteiger partial charge in [-0.25, -0.2) is 0 Å². The van der Waals surface area contributed by atoms with Gasteiger partial charge in [0.05, 0.1) is 0 Å². The zero-order valence-corrected chi connectivity index (χ0v) is 10.5. The molecular weight excluding hydrogens is 216 g/mol. The Kier molecular flexibility index (Phi) is 4.69. The van der Waals surface area contributed by atoms with Gasteiger partial charge in [0.2, 0.25) is 0 Å². The Bertz CT molecular complexity index is 298. The van der Waals surface area contributed by atoms with Gasteiger partial charge in [0.1, 0.15) is 0 Å². The number of benzene rings is 1. The first kappa shape index (κ1) is 12.0. The van der Waals surface area contributed by atoms with E-state index in [4.69, 9.17) is 5.73 Å². The largest absolute Gasteiger partial charge is 0.327 e. The van der Waals surface area contributed by atoms with Crippen molar-refractivity contribution in [3.05, 3.63) is 30.3 Å². The van der Waals surface area contributed by atoms with E-state index in [1.807, 2.05) is 17.8 Å². The third kappa shape index (κ3) is 3.81. The Hall–Kier alpha value is -0.510. The molecule has 1 aliphatic rings. The van der Waals surface area contributed by atoms with Gasteiger partial charge in [0.15, 0.2) is 0 Å². The molecule has 2 N–H and O–H groups in total. The number of likely N-dealkylation sites (tertiary alicyclic amines) is 1. The van der Waals surface area contributed by atoms with Gasteiger partial charge in [0, 0.05) is 16.7 Å². The van der Waals surface area contributed by atoms with E-state index >= 15 is 0 Å². The molecule has 0 spiro atoms. The van der Waals surface area contributed by atoms with Crippen molar-refractivity contribution in [1.82, 2.24) is 4.90 Å². The molecule has 3 heteroatoms. The van der Waals surface area contributed by atoms with Crippen LogP contribution < -0.4 is 5.73 Å². The Morgan fingerprint density at radius 1 is 1.25 bits per heavy atom. The number of nitrogens with two attached hydrogens (primary N) is 1. The lowest BCUT2D eigenvalue weighted by atomic mass is 10.2. The molecule has 1 aromatic rings. The molecule has 0 unspecified atom stereocenters. The summed E-state index contributed by atoms with van der Waals surface area (Å²) < 4.78 is 0. The van der Waals surface area contributed by atoms with Crippen LogP contribution in [0.15, 0.2) is 35.2 Å². The standard InChI is InChI=1S/C13H20N2S/c14-12(7-10-15-8-4-9-15)11-16-13-5-2-1-3-6-13/h1-3,5-6,12H,4,7-11,14H2/t12-/m1/s1. The molecule has 1 heterocycles. The van der Waals surface area contributed by atoms with Crippen molar-refractivity contribution in [2.75, 3.05) is 25.4 Å². The number of rotatable bonds is 6. The molecule has 2 nitrogen and oxygen atoms in total. The summed E-state index contributed by atoms with van der Waals surface area (Å²) in [7, 11) is 0. The fraction of sp³-hybridized carbons (Fsp3) is 0.538. The molecule has 1 saturated heterocycles. The third-order valence-corrected chi connectivity index (χ3v) is 4.17. The zero-order chi connectivity index (χ0) is 11.2. The summed E-state index contributed by atoms with van der Waals surface area (Å²) in [6.45, 7) is 3.73. The molecule has 0 aromatic heterocycles. The molecule has 0 saturated carbocycles. The van der Waals surface area contributed by atoms with Crippen LogP contribution in [-0.2, 0) is 0 Å². The average molecular weight is 236 g/mol. The van der Waals surface area contributed by atoms with E-state index in [0.717, 1.165) is 12.2 Å². The summed E-state index contributed by atoms with van der Waals surface area (Å²) in [5.41, 5.74) is 6.10. The minimum absolute atomic E-state index is 0.325. The van der Waals surface area contributed by atoms with Crippen molar-refractivity contribution in [3.8, 4) is 0 Å². The fourth-order valence-corrected chi connectivity index (χ4v) is 2.68. The first-order chi connectivity index (χ1) is 7.84. The summed E-state index contributed by atoms with van der Waals surface area (Å²) in [4.78, 5) is 3.80. The molecule has 0 aliphatic carbocycles. The second-order valence-electron chi connectivity index (χ2n) is 4.37. The second kappa shape index (κ2) is 6.28. The normalized spacial score (nSPS) is 18.1. The van der Waals surface area contributed by atoms with Crippen LogP contribution in [0.3, 0.4) is 0 Å². The van der Waals surface area contributed by atoms with Crippen LogP contribution in [0.2, 0.25) is 0 Å². The van der Waals surface area contributed by atoms with Crippen molar-refractivity contribution in [3.63, 3.8) is 0 Å². The number of thioether (sulfide) groups is 1. The quantitative estimate of drug-likeness (QED) is 0.768. The maximum Gasteiger partial charge on any atom is 0.0146 e. The van der Waals surface area contributed by atoms with Crippen LogP contribution in [0.25, 0.3) is 0 Å². The van der Waals surface area contributed by atoms with E-state index in [0.29, 0.717) is 6.04 Å². The van der Waals surface area contributed by atoms with Crippen LogP contribution in [0.4, 0.5) is 0 Å². The first-order valence-electron chi connectivity index (χ1n) is 6.00. The highest BCUT2D eigenvalue weighted by Gasteiger charge is 2.14. The van der Waals surface area contributed by atoms with E-state index in [-0.39, 0.29) is 0 Å². The van der Waals surface area contributed by atoms with Gasteiger partial charge in [0.25, 0.3) is 0 Å². The van der Waals surface area contributed by atoms with E-state index in [9.17, 15) is 0 Å². The number of hydrogen-bond donors (Lipinski definition) is 1. The highest BCUT2D eigenvalue weighted by atomic mass is 32.2. The van der Waals surface area contributed by atoms with Gasteiger partial charge < -0.3 is 10.6 Å². The molecule has 0 amide bonds. The number of nitrogens with zero attached hydrogens (tertiary/aromatic N) is 1. The highest BCUT2D eigenvalue weighted by molar-refractivity contribution is 7.99. The predicted molar refractivity (Wildman–Crippen MR) is 70.8 cm³/mol. The molecule has 16 heavy (non-hydrogen) atoms. The Balaban J connectivity index is 1.61. The Morgan fingerprint density at radius 2 is 2.00 bits per heavy atom. The molecule has 1 aliphatic heterocycles. The average Bonchev–Trinajstić information content (AvgIpc) is 2.26. The molecule has 1 aromatic carbocycles. The van der Waals surface area contributed by atoms with Crippen molar-refractivity contribution in [2.45, 2.75) is 23.8 Å². The minimum atomic E-state index is 0.325. The zero-order valence-electron chi connectivity index (χ0n) is 9.64. The maximum atomic E-state index is 6.10. The summed E-state index contributed by atoms with van der Waals surface area (Å²) in [5.74, 6) is 1.03. The van der Waals surface area contributed by atoms with E-state index < -0.39 is 0 Å². The molecule has 0 radical (unpaired) electrons. The highest BCUT2D eigenvalue weighted by Crippen LogP contribution is 2.18. The van der Waals surface area contributed by atoms with Gasteiger partial charge in [-0.15, -0.1) is 11.8 Å². The van der Waals surface area contributed by atoms with Crippen LogP contribution >= 0.6 is 11.8 Å². The Morgan fingerprint density at radius 3 is 2.62 bits per heavy atom. The van der Waals surface area contributed by atoms with Gasteiger partial charge in [-0.2, -0.15) is 0 Å². The first-order valence-corrected chi connectivity index (χ1v) is 6.99. The van der Waals surface area contributed by atoms with E-state index in [2.05, 4.69) is 29.2 Å². The topological polar surface area (TPSA) is 29.3 Å². The molecule has 1 fully saturated rings. The molecule has 1 atom stereocenters. The lowest BCUT2D eigenvalue weighted by Crippen LogP contribution is -2.40. The Labute approximate surface area is 102 Å². The van der Waals surface area contributed by atoms with Gasteiger partial charge >= 0.3 is 0 Å². The van der Waals surface area contributed by atoms with Gasteiger partial charge in [-0.05, 0) is 44.6 Å². The second-order valence-corrected chi connectivity index (χ2v) is 5.46. The molecule has 0 bridgehead atoms. The van der Waals surface area contributed by atoms with Crippen LogP contribution in [0, 0.1) is 0 Å². The maximum absolute atomic E-state index is 6.10. The van der Waals surface area contributed by atoms with Crippen molar-refractivity contribution >= 4 is 11.8 Å². The van der Waals surface area contributed by atoms with Crippen LogP contribution in [0.5, 0.6) is 0 Å². The third-order valence-electron chi connectivity index (χ3n) is 2.97. The van der Waals surface area contributed by atoms with Crippen LogP contribution in [0.1, 0.15) is 12.8 Å². The lowest BCUT2D eigenvalue weighted by molar-refractivity contribution is 0.176. The molecule has 2 rings (SSSR count). The van der Waals surface area contributed by atoms with Crippen molar-refractivity contribution < 1.29 is 0 Å². The van der Waals surface area contributed by atoms with Gasteiger partial charge in [-0.3, -0.25) is 0 Å². The number of hydrogen-bond acceptors (Lipinski definition) is 3. The lowest BCUT2D eigenvalue weighted by Gasteiger charge is -2.31. The monoisotopic (exact) mass is 236 g/mol. The van der Waals surface area contributed by atoms with E-state index in [1.165, 1.54) is 31.0 Å². The summed E-state index contributed by atoms with van der Waals surface area (Å²) in [6, 6.07) is 10.8. The smallest absolute Gasteiger partial charge is 0.0146 e. The van der Waals surface area contributed by atoms with Crippen molar-refractivity contribution in [1.29, 1.82) is 0 Å². The summed E-state index contributed by atoms with van der Waals surface area (Å²) >= 11 is 1.86. The predicted octanol–water partition coefficient (Wildman–Crippen LogP) is 2.20. The minimum Gasteiger partial charge on any atom is -0.327 e. The molecule has 88 valence electrons. The van der Waals surface area contributed by atoms with Gasteiger partial charge in [-0.1, -0.05) is 18.2 Å². The fourth-order valence-electron chi connectivity index (χ4n) is 1.76.